The average molecular weight is 324 g/mol. The Morgan fingerprint density at radius 1 is 1.00 bits per heavy atom. The summed E-state index contributed by atoms with van der Waals surface area (Å²) in [6.07, 6.45) is 1.80. The van der Waals surface area contributed by atoms with Gasteiger partial charge in [-0.2, -0.15) is 0 Å². The molecule has 0 bridgehead atoms. The molecule has 6 heteroatoms. The standard InChI is InChI=1S/C18H20N4O2/c1-14-20-21-18(24-14)13-22(12-16-5-3-4-10-19-16)11-15-6-8-17(23-2)9-7-15/h3-10H,11-13H2,1-2H3. The van der Waals surface area contributed by atoms with Gasteiger partial charge < -0.3 is 9.15 Å². The fraction of sp³-hybridized carbons (Fsp3) is 0.278. The van der Waals surface area contributed by atoms with Gasteiger partial charge in [0, 0.05) is 26.2 Å². The lowest BCUT2D eigenvalue weighted by molar-refractivity contribution is 0.218. The molecule has 0 saturated heterocycles. The zero-order valence-corrected chi connectivity index (χ0v) is 13.8. The largest absolute Gasteiger partial charge is 0.497 e. The Morgan fingerprint density at radius 2 is 1.83 bits per heavy atom. The third kappa shape index (κ3) is 4.39. The minimum absolute atomic E-state index is 0.573. The summed E-state index contributed by atoms with van der Waals surface area (Å²) < 4.78 is 10.7. The van der Waals surface area contributed by atoms with Gasteiger partial charge in [0.25, 0.3) is 0 Å². The van der Waals surface area contributed by atoms with Crippen molar-refractivity contribution in [3.05, 3.63) is 71.7 Å². The van der Waals surface area contributed by atoms with Crippen molar-refractivity contribution < 1.29 is 9.15 Å². The molecule has 2 aromatic heterocycles. The lowest BCUT2D eigenvalue weighted by Crippen LogP contribution is -2.23. The second-order valence-corrected chi connectivity index (χ2v) is 5.53. The number of methoxy groups -OCH3 is 1. The van der Waals surface area contributed by atoms with Crippen molar-refractivity contribution in [3.8, 4) is 5.75 Å². The lowest BCUT2D eigenvalue weighted by atomic mass is 10.2. The molecule has 0 amide bonds. The van der Waals surface area contributed by atoms with Gasteiger partial charge in [-0.15, -0.1) is 10.2 Å². The third-order valence-corrected chi connectivity index (χ3v) is 3.60. The summed E-state index contributed by atoms with van der Waals surface area (Å²) in [6, 6.07) is 14.0. The molecule has 0 unspecified atom stereocenters. The molecule has 2 heterocycles. The van der Waals surface area contributed by atoms with Crippen molar-refractivity contribution in [1.82, 2.24) is 20.1 Å². The predicted molar refractivity (Wildman–Crippen MR) is 89.2 cm³/mol. The number of ether oxygens (including phenoxy) is 1. The van der Waals surface area contributed by atoms with E-state index < -0.39 is 0 Å². The molecule has 0 N–H and O–H groups in total. The highest BCUT2D eigenvalue weighted by Crippen LogP contribution is 2.16. The monoisotopic (exact) mass is 324 g/mol. The Hall–Kier alpha value is -2.73. The van der Waals surface area contributed by atoms with Crippen molar-refractivity contribution in [1.29, 1.82) is 0 Å². The summed E-state index contributed by atoms with van der Waals surface area (Å²) in [7, 11) is 1.67. The second kappa shape index (κ2) is 7.70. The molecule has 3 aromatic rings. The van der Waals surface area contributed by atoms with E-state index in [0.717, 1.165) is 18.0 Å². The SMILES string of the molecule is COc1ccc(CN(Cc2ccccn2)Cc2nnc(C)o2)cc1. The van der Waals surface area contributed by atoms with Gasteiger partial charge in [0.1, 0.15) is 5.75 Å². The van der Waals surface area contributed by atoms with Crippen LogP contribution in [-0.4, -0.2) is 27.2 Å². The third-order valence-electron chi connectivity index (χ3n) is 3.60. The van der Waals surface area contributed by atoms with E-state index in [1.807, 2.05) is 30.3 Å². The molecular formula is C18H20N4O2. The first-order valence-corrected chi connectivity index (χ1v) is 7.77. The molecule has 0 spiro atoms. The van der Waals surface area contributed by atoms with Crippen LogP contribution in [0.1, 0.15) is 23.0 Å². The number of nitrogens with zero attached hydrogens (tertiary/aromatic N) is 4. The maximum Gasteiger partial charge on any atom is 0.230 e. The fourth-order valence-electron chi connectivity index (χ4n) is 2.47. The van der Waals surface area contributed by atoms with E-state index in [1.165, 1.54) is 5.56 Å². The summed E-state index contributed by atoms with van der Waals surface area (Å²) in [4.78, 5) is 6.63. The molecule has 6 nitrogen and oxygen atoms in total. The first kappa shape index (κ1) is 16.1. The van der Waals surface area contributed by atoms with Crippen molar-refractivity contribution in [3.63, 3.8) is 0 Å². The van der Waals surface area contributed by atoms with E-state index in [-0.39, 0.29) is 0 Å². The number of pyridine rings is 1. The molecule has 0 aliphatic heterocycles. The van der Waals surface area contributed by atoms with Crippen LogP contribution in [0.4, 0.5) is 0 Å². The summed E-state index contributed by atoms with van der Waals surface area (Å²) >= 11 is 0. The Bertz CT molecular complexity index is 756. The first-order valence-electron chi connectivity index (χ1n) is 7.77. The van der Waals surface area contributed by atoms with Gasteiger partial charge in [-0.05, 0) is 29.8 Å². The molecule has 0 aliphatic carbocycles. The smallest absolute Gasteiger partial charge is 0.230 e. The number of hydrogen-bond donors (Lipinski definition) is 0. The molecule has 0 atom stereocenters. The van der Waals surface area contributed by atoms with E-state index in [2.05, 4.69) is 32.2 Å². The van der Waals surface area contributed by atoms with Gasteiger partial charge in [0.05, 0.1) is 19.3 Å². The van der Waals surface area contributed by atoms with Crippen LogP contribution in [0.25, 0.3) is 0 Å². The van der Waals surface area contributed by atoms with Crippen molar-refractivity contribution in [2.24, 2.45) is 0 Å². The lowest BCUT2D eigenvalue weighted by Gasteiger charge is -2.20. The normalized spacial score (nSPS) is 11.0. The average Bonchev–Trinajstić information content (AvgIpc) is 3.01. The highest BCUT2D eigenvalue weighted by Gasteiger charge is 2.13. The first-order chi connectivity index (χ1) is 11.7. The van der Waals surface area contributed by atoms with Crippen LogP contribution in [0.5, 0.6) is 5.75 Å². The molecule has 0 radical (unpaired) electrons. The number of aryl methyl sites for hydroxylation is 1. The van der Waals surface area contributed by atoms with Crippen LogP contribution < -0.4 is 4.74 Å². The molecular weight excluding hydrogens is 304 g/mol. The van der Waals surface area contributed by atoms with E-state index in [4.69, 9.17) is 9.15 Å². The zero-order valence-electron chi connectivity index (χ0n) is 13.8. The van der Waals surface area contributed by atoms with E-state index >= 15 is 0 Å². The molecule has 0 saturated carbocycles. The van der Waals surface area contributed by atoms with Crippen molar-refractivity contribution in [2.75, 3.05) is 7.11 Å². The van der Waals surface area contributed by atoms with E-state index in [9.17, 15) is 0 Å². The topological polar surface area (TPSA) is 64.3 Å². The summed E-state index contributed by atoms with van der Waals surface area (Å²) in [5, 5.41) is 8.00. The highest BCUT2D eigenvalue weighted by atomic mass is 16.5. The van der Waals surface area contributed by atoms with Gasteiger partial charge >= 0.3 is 0 Å². The van der Waals surface area contributed by atoms with Crippen molar-refractivity contribution in [2.45, 2.75) is 26.6 Å². The van der Waals surface area contributed by atoms with Crippen molar-refractivity contribution >= 4 is 0 Å². The van der Waals surface area contributed by atoms with Gasteiger partial charge in [-0.25, -0.2) is 0 Å². The van der Waals surface area contributed by atoms with Gasteiger partial charge in [-0.3, -0.25) is 9.88 Å². The highest BCUT2D eigenvalue weighted by molar-refractivity contribution is 5.27. The summed E-state index contributed by atoms with van der Waals surface area (Å²) in [5.41, 5.74) is 2.19. The minimum Gasteiger partial charge on any atom is -0.497 e. The van der Waals surface area contributed by atoms with Crippen LogP contribution in [0, 0.1) is 6.92 Å². The van der Waals surface area contributed by atoms with Gasteiger partial charge in [0.2, 0.25) is 11.8 Å². The number of benzene rings is 1. The second-order valence-electron chi connectivity index (χ2n) is 5.53. The summed E-state index contributed by atoms with van der Waals surface area (Å²) in [6.45, 7) is 3.82. The maximum absolute atomic E-state index is 5.52. The quantitative estimate of drug-likeness (QED) is 0.666. The number of hydrogen-bond acceptors (Lipinski definition) is 6. The Morgan fingerprint density at radius 3 is 2.46 bits per heavy atom. The van der Waals surface area contributed by atoms with E-state index in [1.54, 1.807) is 20.2 Å². The Labute approximate surface area is 141 Å². The van der Waals surface area contributed by atoms with Crippen LogP contribution in [-0.2, 0) is 19.6 Å². The van der Waals surface area contributed by atoms with E-state index in [0.29, 0.717) is 24.9 Å². The molecule has 1 aromatic carbocycles. The van der Waals surface area contributed by atoms with Crippen LogP contribution in [0.15, 0.2) is 53.1 Å². The Balaban J connectivity index is 1.74. The fourth-order valence-corrected chi connectivity index (χ4v) is 2.47. The molecule has 24 heavy (non-hydrogen) atoms. The number of rotatable bonds is 7. The molecule has 0 aliphatic rings. The summed E-state index contributed by atoms with van der Waals surface area (Å²) in [5.74, 6) is 2.03. The zero-order chi connectivity index (χ0) is 16.8. The van der Waals surface area contributed by atoms with Crippen LogP contribution in [0.3, 0.4) is 0 Å². The minimum atomic E-state index is 0.573. The van der Waals surface area contributed by atoms with Gasteiger partial charge in [0.15, 0.2) is 0 Å². The number of aromatic nitrogens is 3. The van der Waals surface area contributed by atoms with Crippen LogP contribution >= 0.6 is 0 Å². The molecule has 3 rings (SSSR count). The van der Waals surface area contributed by atoms with Crippen LogP contribution in [0.2, 0.25) is 0 Å². The molecule has 0 fully saturated rings. The predicted octanol–water partition coefficient (Wildman–Crippen LogP) is 2.98. The molecule has 124 valence electrons. The Kier molecular flexibility index (Phi) is 5.18. The maximum atomic E-state index is 5.52. The van der Waals surface area contributed by atoms with Gasteiger partial charge in [-0.1, -0.05) is 18.2 Å².